The van der Waals surface area contributed by atoms with Crippen LogP contribution in [0.15, 0.2) is 100 Å². The lowest BCUT2D eigenvalue weighted by molar-refractivity contribution is 0.420. The zero-order chi connectivity index (χ0) is 38.5. The first-order chi connectivity index (χ1) is 24.1. The highest BCUT2D eigenvalue weighted by Crippen LogP contribution is 2.41. The molecule has 272 valence electrons. The van der Waals surface area contributed by atoms with E-state index in [1.54, 1.807) is 56.3 Å². The molecule has 52 heavy (non-hydrogen) atoms. The molecule has 0 heterocycles. The molecule has 4 N–H and O–H groups in total. The number of aliphatic hydroxyl groups excluding tert-OH is 1. The van der Waals surface area contributed by atoms with Gasteiger partial charge in [0.15, 0.2) is 5.25 Å². The van der Waals surface area contributed by atoms with Crippen LogP contribution in [0.3, 0.4) is 0 Å². The van der Waals surface area contributed by atoms with E-state index >= 15 is 0 Å². The van der Waals surface area contributed by atoms with Gasteiger partial charge in [-0.25, -0.2) is 0 Å². The molecule has 0 radical (unpaired) electrons. The van der Waals surface area contributed by atoms with Crippen molar-refractivity contribution in [3.63, 3.8) is 0 Å². The summed E-state index contributed by atoms with van der Waals surface area (Å²) >= 11 is 0. The fourth-order valence-electron chi connectivity index (χ4n) is 6.99. The summed E-state index contributed by atoms with van der Waals surface area (Å²) in [6, 6.07) is 20.0. The molecule has 13 heteroatoms. The number of aryl methyl sites for hydroxylation is 5. The van der Waals surface area contributed by atoms with Gasteiger partial charge in [0, 0.05) is 11.1 Å². The molecule has 10 nitrogen and oxygen atoms in total. The maximum Gasteiger partial charge on any atom is 0.334 e. The molecule has 0 bridgehead atoms. The number of hydrogen-bond acceptors (Lipinski definition) is 7. The molecular weight excluding hydrogens is 725 g/mol. The largest absolute Gasteiger partial charge is 0.491 e. The van der Waals surface area contributed by atoms with E-state index in [-0.39, 0.29) is 16.0 Å². The highest BCUT2D eigenvalue weighted by atomic mass is 32.2. The van der Waals surface area contributed by atoms with Gasteiger partial charge in [0.05, 0.1) is 22.6 Å². The highest BCUT2D eigenvalue weighted by molar-refractivity contribution is 7.91. The summed E-state index contributed by atoms with van der Waals surface area (Å²) in [6.07, 6.45) is 2.30. The molecule has 0 amide bonds. The van der Waals surface area contributed by atoms with Gasteiger partial charge in [-0.05, 0) is 129 Å². The maximum atomic E-state index is 12.7. The van der Waals surface area contributed by atoms with E-state index in [1.807, 2.05) is 39.8 Å². The first-order valence-electron chi connectivity index (χ1n) is 16.1. The third-order valence-electron chi connectivity index (χ3n) is 9.29. The van der Waals surface area contributed by atoms with Crippen molar-refractivity contribution in [2.45, 2.75) is 59.3 Å². The second-order valence-corrected chi connectivity index (χ2v) is 17.3. The van der Waals surface area contributed by atoms with Crippen molar-refractivity contribution < 1.29 is 44.0 Å². The van der Waals surface area contributed by atoms with Crippen LogP contribution in [0.5, 0.6) is 0 Å². The van der Waals surface area contributed by atoms with Gasteiger partial charge in [-0.2, -0.15) is 25.3 Å². The topological polar surface area (TPSA) is 183 Å². The predicted octanol–water partition coefficient (Wildman–Crippen LogP) is 7.41. The highest BCUT2D eigenvalue weighted by Gasteiger charge is 2.43. The summed E-state index contributed by atoms with van der Waals surface area (Å²) < 4.78 is 104. The molecule has 0 aromatic heterocycles. The molecule has 0 fully saturated rings. The average molecular weight is 764 g/mol. The Labute approximate surface area is 305 Å². The number of rotatable bonds is 9. The van der Waals surface area contributed by atoms with E-state index in [1.165, 1.54) is 5.56 Å². The van der Waals surface area contributed by atoms with E-state index in [2.05, 4.69) is 12.1 Å². The summed E-state index contributed by atoms with van der Waals surface area (Å²) in [5.74, 6) is -0.930. The van der Waals surface area contributed by atoms with Gasteiger partial charge in [0.25, 0.3) is 10.1 Å². The van der Waals surface area contributed by atoms with Crippen LogP contribution < -0.4 is 0 Å². The third-order valence-corrected chi connectivity index (χ3v) is 12.2. The van der Waals surface area contributed by atoms with Crippen molar-refractivity contribution in [2.75, 3.05) is 0 Å². The van der Waals surface area contributed by atoms with E-state index in [0.717, 1.165) is 39.5 Å². The average Bonchev–Trinajstić information content (AvgIpc) is 3.00. The van der Waals surface area contributed by atoms with E-state index in [4.69, 9.17) is 0 Å². The lowest BCUT2D eigenvalue weighted by Gasteiger charge is -2.17. The van der Waals surface area contributed by atoms with Crippen LogP contribution in [0.25, 0.3) is 5.57 Å². The summed E-state index contributed by atoms with van der Waals surface area (Å²) in [7, 11) is -14.7. The van der Waals surface area contributed by atoms with E-state index < -0.39 is 46.3 Å². The molecule has 0 unspecified atom stereocenters. The molecule has 0 atom stereocenters. The number of benzene rings is 4. The number of hydrogen-bond donors (Lipinski definition) is 4. The minimum Gasteiger partial charge on any atom is -0.491 e. The molecule has 0 saturated heterocycles. The molecule has 0 spiro atoms. The van der Waals surface area contributed by atoms with Crippen molar-refractivity contribution >= 4 is 35.9 Å². The Morgan fingerprint density at radius 2 is 1.08 bits per heavy atom. The lowest BCUT2D eigenvalue weighted by Crippen LogP contribution is -2.20. The Hall–Kier alpha value is -4.50. The van der Waals surface area contributed by atoms with Crippen molar-refractivity contribution in [3.05, 3.63) is 167 Å². The minimum atomic E-state index is -5.11. The van der Waals surface area contributed by atoms with Crippen molar-refractivity contribution in [3.8, 4) is 0 Å². The van der Waals surface area contributed by atoms with Gasteiger partial charge in [-0.3, -0.25) is 13.7 Å². The smallest absolute Gasteiger partial charge is 0.334 e. The monoisotopic (exact) mass is 763 g/mol. The third kappa shape index (κ3) is 8.10. The van der Waals surface area contributed by atoms with Gasteiger partial charge in [0.1, 0.15) is 5.57 Å². The molecule has 4 aromatic rings. The maximum absolute atomic E-state index is 12.7. The molecular formula is C39H39O10S3+. The van der Waals surface area contributed by atoms with Crippen LogP contribution in [-0.2, 0) is 43.2 Å². The first-order valence-corrected chi connectivity index (χ1v) is 20.4. The van der Waals surface area contributed by atoms with Gasteiger partial charge in [0.2, 0.25) is 10.7 Å². The molecule has 0 aliphatic heterocycles. The fourth-order valence-corrected chi connectivity index (χ4v) is 9.34. The molecule has 4 aromatic carbocycles. The standard InChI is InChI=1S/C39H38O10S3/c1-22-15-23(2)32(24(3)16-22)18-28-7-11-30(12-8-28)38(34-20-35(40)37(51(44,45)46)21-36(34)50(41,42)43)31-13-9-29(10-14-31)19-33-25(4)17-26(5)39(27(33)6)52(47,48)49/h7-17,20-21H,18-19H2,1-6H3,(H3-,40,41,42,43,44,45,46,47,48,49)/p+1. The molecule has 1 aliphatic rings. The molecule has 0 saturated carbocycles. The predicted molar refractivity (Wildman–Crippen MR) is 201 cm³/mol. The second-order valence-electron chi connectivity index (χ2n) is 13.2. The Balaban J connectivity index is 1.66. The Bertz CT molecular complexity index is 2500. The van der Waals surface area contributed by atoms with Crippen molar-refractivity contribution in [1.29, 1.82) is 0 Å². The first kappa shape index (κ1) is 38.7. The summed E-state index contributed by atoms with van der Waals surface area (Å²) in [4.78, 5) is -1.24. The SMILES string of the molecule is Cc1cc(C)c(Cc2ccc(C(=C3C=C(O)C(S(=O)(=O)O)=C[C+]3S(=O)(=O)O)c3ccc(Cc4c(C)cc(C)c(S(=O)(=O)O)c4C)cc3)cc2)c(C)c1. The van der Waals surface area contributed by atoms with E-state index in [9.17, 15) is 44.0 Å². The Morgan fingerprint density at radius 1 is 0.615 bits per heavy atom. The number of allylic oxidation sites excluding steroid dienone is 1. The quantitative estimate of drug-likeness (QED) is 0.0989. The van der Waals surface area contributed by atoms with Crippen molar-refractivity contribution in [1.82, 2.24) is 0 Å². The van der Waals surface area contributed by atoms with Crippen LogP contribution in [-0.4, -0.2) is 44.0 Å². The minimum absolute atomic E-state index is 0.151. The number of aliphatic hydroxyl groups is 1. The van der Waals surface area contributed by atoms with Crippen LogP contribution in [0.2, 0.25) is 0 Å². The zero-order valence-corrected chi connectivity index (χ0v) is 31.8. The summed E-state index contributed by atoms with van der Waals surface area (Å²) in [5.41, 5.74) is 9.59. The summed E-state index contributed by atoms with van der Waals surface area (Å²) in [6.45, 7) is 11.2. The van der Waals surface area contributed by atoms with Crippen LogP contribution in [0.1, 0.15) is 66.8 Å². The summed E-state index contributed by atoms with van der Waals surface area (Å²) in [5, 5.41) is 9.86. The van der Waals surface area contributed by atoms with E-state index in [0.29, 0.717) is 46.7 Å². The fraction of sp³-hybridized carbons (Fsp3) is 0.205. The second kappa shape index (κ2) is 14.1. The lowest BCUT2D eigenvalue weighted by atomic mass is 9.87. The van der Waals surface area contributed by atoms with Gasteiger partial charge in [-0.15, -0.1) is 0 Å². The van der Waals surface area contributed by atoms with Gasteiger partial charge < -0.3 is 5.11 Å². The van der Waals surface area contributed by atoms with Crippen molar-refractivity contribution in [2.24, 2.45) is 0 Å². The van der Waals surface area contributed by atoms with Gasteiger partial charge in [-0.1, -0.05) is 48.0 Å². The zero-order valence-electron chi connectivity index (χ0n) is 29.4. The Morgan fingerprint density at radius 3 is 1.52 bits per heavy atom. The molecule has 5 rings (SSSR count). The molecule has 1 aliphatic carbocycles. The van der Waals surface area contributed by atoms with Crippen LogP contribution in [0, 0.1) is 46.8 Å². The van der Waals surface area contributed by atoms with Crippen LogP contribution in [0.4, 0.5) is 0 Å². The Kier molecular flexibility index (Phi) is 10.5. The van der Waals surface area contributed by atoms with Gasteiger partial charge >= 0.3 is 20.2 Å². The van der Waals surface area contributed by atoms with Crippen LogP contribution >= 0.6 is 0 Å². The normalized spacial score (nSPS) is 15.0.